The van der Waals surface area contributed by atoms with Gasteiger partial charge in [0.05, 0.1) is 0 Å². The number of halogens is 2. The number of nitrogens with one attached hydrogen (secondary N) is 1. The second kappa shape index (κ2) is 10.4. The van der Waals surface area contributed by atoms with Gasteiger partial charge in [-0.2, -0.15) is 5.10 Å². The molecule has 4 rings (SSSR count). The van der Waals surface area contributed by atoms with Crippen molar-refractivity contribution in [1.82, 2.24) is 25.1 Å². The van der Waals surface area contributed by atoms with Crippen molar-refractivity contribution in [2.75, 3.05) is 11.5 Å². The highest BCUT2D eigenvalue weighted by molar-refractivity contribution is 14.1. The molecule has 0 spiro atoms. The smallest absolute Gasteiger partial charge is 0.407 e. The first-order valence-electron chi connectivity index (χ1n) is 12.3. The first kappa shape index (κ1) is 27.1. The molecule has 9 nitrogen and oxygen atoms in total. The van der Waals surface area contributed by atoms with Crippen LogP contribution in [0.1, 0.15) is 46.5 Å². The van der Waals surface area contributed by atoms with Crippen LogP contribution >= 0.6 is 38.5 Å². The molecule has 194 valence electrons. The third-order valence-electron chi connectivity index (χ3n) is 6.37. The van der Waals surface area contributed by atoms with Crippen LogP contribution in [0.15, 0.2) is 4.60 Å². The topological polar surface area (TPSA) is 94.4 Å². The lowest BCUT2D eigenvalue weighted by Crippen LogP contribution is -2.51. The van der Waals surface area contributed by atoms with Gasteiger partial charge in [-0.3, -0.25) is 0 Å². The van der Waals surface area contributed by atoms with E-state index in [4.69, 9.17) is 19.4 Å². The molecule has 2 atom stereocenters. The minimum absolute atomic E-state index is 0.0975. The number of carbonyl (C=O) groups excluding carboxylic acids is 1. The minimum Gasteiger partial charge on any atom is -0.444 e. The second-order valence-corrected chi connectivity index (χ2v) is 19.1. The average Bonchev–Trinajstić information content (AvgIpc) is 3.15. The molecular formula is C23H36BrIN6O3Si. The number of ether oxygens (including phenoxy) is 2. The van der Waals surface area contributed by atoms with Gasteiger partial charge in [0.1, 0.15) is 22.5 Å². The van der Waals surface area contributed by atoms with Crippen molar-refractivity contribution in [3.8, 4) is 0 Å². The summed E-state index contributed by atoms with van der Waals surface area (Å²) in [5.74, 6) is 0.848. The average molecular weight is 679 g/mol. The van der Waals surface area contributed by atoms with Crippen molar-refractivity contribution >= 4 is 69.7 Å². The molecule has 0 radical (unpaired) electrons. The number of rotatable bonds is 7. The van der Waals surface area contributed by atoms with E-state index >= 15 is 0 Å². The molecule has 35 heavy (non-hydrogen) atoms. The zero-order valence-corrected chi connectivity index (χ0v) is 26.1. The zero-order valence-electron chi connectivity index (χ0n) is 21.4. The number of hydrogen-bond acceptors (Lipinski definition) is 7. The number of alkyl carbamates (subject to hydrolysis) is 1. The van der Waals surface area contributed by atoms with Crippen molar-refractivity contribution in [2.24, 2.45) is 0 Å². The van der Waals surface area contributed by atoms with Gasteiger partial charge in [-0.15, -0.1) is 0 Å². The van der Waals surface area contributed by atoms with Crippen LogP contribution in [0.5, 0.6) is 0 Å². The van der Waals surface area contributed by atoms with Crippen LogP contribution in [-0.2, 0) is 16.2 Å². The normalized spacial score (nSPS) is 22.6. The van der Waals surface area contributed by atoms with E-state index in [1.165, 1.54) is 0 Å². The number of anilines is 1. The van der Waals surface area contributed by atoms with Gasteiger partial charge >= 0.3 is 6.09 Å². The zero-order chi connectivity index (χ0) is 25.5. The van der Waals surface area contributed by atoms with E-state index < -0.39 is 13.7 Å². The molecule has 2 aromatic heterocycles. The molecule has 12 heteroatoms. The summed E-state index contributed by atoms with van der Waals surface area (Å²) >= 11 is 5.89. The lowest BCUT2D eigenvalue weighted by Gasteiger charge is -2.40. The fourth-order valence-electron chi connectivity index (χ4n) is 4.82. The number of fused-ring (bicyclic) bond motifs is 3. The molecule has 0 saturated carbocycles. The fraction of sp³-hybridized carbons (Fsp3) is 0.739. The molecule has 0 aromatic carbocycles. The third-order valence-corrected chi connectivity index (χ3v) is 9.34. The van der Waals surface area contributed by atoms with E-state index in [1.807, 2.05) is 25.5 Å². The standard InChI is InChI=1S/C23H36BrIN6O3Si/c1-23(2,3)34-22(32)26-14-11-15-7-8-16(12-14)31(15)21-18(24)27-17-19(25)29-30(20(17)28-21)13-33-9-10-35(4,5)6/h14-16H,7-13H2,1-6H3,(H,26,32). The van der Waals surface area contributed by atoms with Crippen LogP contribution in [0, 0.1) is 3.70 Å². The lowest BCUT2D eigenvalue weighted by atomic mass is 9.97. The predicted molar refractivity (Wildman–Crippen MR) is 152 cm³/mol. The van der Waals surface area contributed by atoms with Gasteiger partial charge in [-0.25, -0.2) is 19.4 Å². The van der Waals surface area contributed by atoms with Gasteiger partial charge < -0.3 is 19.7 Å². The van der Waals surface area contributed by atoms with Gasteiger partial charge in [0, 0.05) is 32.8 Å². The number of aromatic nitrogens is 4. The van der Waals surface area contributed by atoms with Crippen LogP contribution in [0.25, 0.3) is 11.2 Å². The largest absolute Gasteiger partial charge is 0.444 e. The van der Waals surface area contributed by atoms with E-state index in [0.717, 1.165) is 63.6 Å². The van der Waals surface area contributed by atoms with Crippen molar-refractivity contribution in [2.45, 2.75) is 103 Å². The van der Waals surface area contributed by atoms with Crippen LogP contribution in [0.3, 0.4) is 0 Å². The van der Waals surface area contributed by atoms with Crippen molar-refractivity contribution in [3.63, 3.8) is 0 Å². The van der Waals surface area contributed by atoms with E-state index in [9.17, 15) is 4.79 Å². The Labute approximate surface area is 230 Å². The molecule has 4 heterocycles. The van der Waals surface area contributed by atoms with Crippen molar-refractivity contribution in [1.29, 1.82) is 0 Å². The summed E-state index contributed by atoms with van der Waals surface area (Å²) in [4.78, 5) is 24.6. The summed E-state index contributed by atoms with van der Waals surface area (Å²) in [6.07, 6.45) is 3.52. The molecule has 2 aliphatic heterocycles. The number of hydrogen-bond donors (Lipinski definition) is 1. The number of carbonyl (C=O) groups is 1. The van der Waals surface area contributed by atoms with E-state index in [-0.39, 0.29) is 12.1 Å². The molecule has 2 aromatic rings. The van der Waals surface area contributed by atoms with E-state index in [1.54, 1.807) is 0 Å². The Balaban J connectivity index is 1.50. The molecule has 2 unspecified atom stereocenters. The SMILES string of the molecule is CC(C)(C)OC(=O)NC1CC2CCC(C1)N2c1nc2c(nc1Br)c(I)nn2COCC[Si](C)(C)C. The molecule has 2 bridgehead atoms. The number of piperidine rings is 1. The Morgan fingerprint density at radius 2 is 1.86 bits per heavy atom. The van der Waals surface area contributed by atoms with Crippen LogP contribution in [0.2, 0.25) is 25.7 Å². The Kier molecular flexibility index (Phi) is 8.04. The molecule has 0 aliphatic carbocycles. The first-order valence-corrected chi connectivity index (χ1v) is 17.8. The fourth-order valence-corrected chi connectivity index (χ4v) is 6.66. The van der Waals surface area contributed by atoms with E-state index in [2.05, 4.69) is 73.5 Å². The predicted octanol–water partition coefficient (Wildman–Crippen LogP) is 5.53. The highest BCUT2D eigenvalue weighted by Gasteiger charge is 2.43. The summed E-state index contributed by atoms with van der Waals surface area (Å²) in [6.45, 7) is 13.8. The maximum Gasteiger partial charge on any atom is 0.407 e. The lowest BCUT2D eigenvalue weighted by molar-refractivity contribution is 0.0492. The third kappa shape index (κ3) is 6.66. The van der Waals surface area contributed by atoms with Gasteiger partial charge in [-0.1, -0.05) is 19.6 Å². The maximum atomic E-state index is 12.3. The molecular weight excluding hydrogens is 643 g/mol. The summed E-state index contributed by atoms with van der Waals surface area (Å²) < 4.78 is 14.8. The van der Waals surface area contributed by atoms with Gasteiger partial charge in [0.15, 0.2) is 15.2 Å². The highest BCUT2D eigenvalue weighted by atomic mass is 127. The van der Waals surface area contributed by atoms with Gasteiger partial charge in [0.2, 0.25) is 0 Å². The molecule has 1 N–H and O–H groups in total. The van der Waals surface area contributed by atoms with E-state index in [0.29, 0.717) is 18.8 Å². The Hall–Kier alpha value is -0.993. The molecule has 1 amide bonds. The highest BCUT2D eigenvalue weighted by Crippen LogP contribution is 2.41. The van der Waals surface area contributed by atoms with Crippen LogP contribution in [0.4, 0.5) is 10.6 Å². The van der Waals surface area contributed by atoms with Crippen LogP contribution in [-0.4, -0.2) is 64.2 Å². The Morgan fingerprint density at radius 3 is 2.46 bits per heavy atom. The second-order valence-electron chi connectivity index (χ2n) is 11.8. The monoisotopic (exact) mass is 678 g/mol. The first-order chi connectivity index (χ1) is 16.3. The molecule has 2 aliphatic rings. The number of nitrogens with zero attached hydrogens (tertiary/aromatic N) is 5. The van der Waals surface area contributed by atoms with Crippen molar-refractivity contribution in [3.05, 3.63) is 8.30 Å². The maximum absolute atomic E-state index is 12.3. The van der Waals surface area contributed by atoms with Crippen molar-refractivity contribution < 1.29 is 14.3 Å². The van der Waals surface area contributed by atoms with Crippen LogP contribution < -0.4 is 10.2 Å². The Morgan fingerprint density at radius 1 is 1.20 bits per heavy atom. The quantitative estimate of drug-likeness (QED) is 0.234. The van der Waals surface area contributed by atoms with Gasteiger partial charge in [0.25, 0.3) is 0 Å². The molecule has 2 saturated heterocycles. The summed E-state index contributed by atoms with van der Waals surface area (Å²) in [6, 6.07) is 1.79. The summed E-state index contributed by atoms with van der Waals surface area (Å²) in [5.41, 5.74) is 1.02. The number of amides is 1. The summed E-state index contributed by atoms with van der Waals surface area (Å²) in [7, 11) is -1.15. The Bertz CT molecular complexity index is 1070. The van der Waals surface area contributed by atoms with Gasteiger partial charge in [-0.05, 0) is 91.0 Å². The molecule has 2 fully saturated rings. The minimum atomic E-state index is -1.15. The summed E-state index contributed by atoms with van der Waals surface area (Å²) in [5, 5.41) is 7.72.